The van der Waals surface area contributed by atoms with Gasteiger partial charge in [-0.2, -0.15) is 0 Å². The second-order valence-electron chi connectivity index (χ2n) is 5.88. The Balaban J connectivity index is 1.69. The molecule has 1 N–H and O–H groups in total. The number of piperazine rings is 1. The van der Waals surface area contributed by atoms with Crippen LogP contribution in [0, 0.1) is 0 Å². The molecule has 0 saturated carbocycles. The Labute approximate surface area is 128 Å². The molecule has 1 fully saturated rings. The van der Waals surface area contributed by atoms with Crippen LogP contribution in [-0.2, 0) is 11.3 Å². The number of nitrogens with zero attached hydrogens (tertiary/aromatic N) is 2. The number of benzene rings is 1. The van der Waals surface area contributed by atoms with Gasteiger partial charge < -0.3 is 5.32 Å². The summed E-state index contributed by atoms with van der Waals surface area (Å²) < 4.78 is 0. The van der Waals surface area contributed by atoms with Gasteiger partial charge in [-0.15, -0.1) is 0 Å². The zero-order valence-corrected chi connectivity index (χ0v) is 13.2. The molecule has 0 bridgehead atoms. The van der Waals surface area contributed by atoms with E-state index in [2.05, 4.69) is 52.4 Å². The molecule has 116 valence electrons. The van der Waals surface area contributed by atoms with Gasteiger partial charge in [0.25, 0.3) is 0 Å². The van der Waals surface area contributed by atoms with Crippen molar-refractivity contribution < 1.29 is 4.79 Å². The molecule has 2 rings (SSSR count). The lowest BCUT2D eigenvalue weighted by Crippen LogP contribution is -2.50. The SMILES string of the molecule is CCC(=O)N[C@@H](C)CN1CCN(Cc2ccccc2)CC1. The van der Waals surface area contributed by atoms with E-state index >= 15 is 0 Å². The van der Waals surface area contributed by atoms with Gasteiger partial charge in [-0.3, -0.25) is 14.6 Å². The summed E-state index contributed by atoms with van der Waals surface area (Å²) in [6.07, 6.45) is 0.565. The van der Waals surface area contributed by atoms with Gasteiger partial charge in [0.1, 0.15) is 0 Å². The van der Waals surface area contributed by atoms with E-state index in [1.165, 1.54) is 5.56 Å². The Bertz CT molecular complexity index is 427. The summed E-state index contributed by atoms with van der Waals surface area (Å²) in [5.74, 6) is 0.144. The lowest BCUT2D eigenvalue weighted by atomic mass is 10.2. The maximum atomic E-state index is 11.4. The fourth-order valence-electron chi connectivity index (χ4n) is 2.78. The third-order valence-corrected chi connectivity index (χ3v) is 3.97. The van der Waals surface area contributed by atoms with Crippen molar-refractivity contribution in [3.8, 4) is 0 Å². The van der Waals surface area contributed by atoms with E-state index in [0.29, 0.717) is 6.42 Å². The van der Waals surface area contributed by atoms with Gasteiger partial charge in [0, 0.05) is 51.7 Å². The highest BCUT2D eigenvalue weighted by molar-refractivity contribution is 5.75. The summed E-state index contributed by atoms with van der Waals surface area (Å²) in [6.45, 7) is 10.3. The van der Waals surface area contributed by atoms with Crippen molar-refractivity contribution in [3.63, 3.8) is 0 Å². The average molecular weight is 289 g/mol. The maximum Gasteiger partial charge on any atom is 0.219 e. The van der Waals surface area contributed by atoms with Crippen LogP contribution < -0.4 is 5.32 Å². The molecule has 4 heteroatoms. The van der Waals surface area contributed by atoms with E-state index in [1.807, 2.05) is 6.92 Å². The Hall–Kier alpha value is -1.39. The lowest BCUT2D eigenvalue weighted by Gasteiger charge is -2.36. The van der Waals surface area contributed by atoms with Crippen molar-refractivity contribution in [3.05, 3.63) is 35.9 Å². The first-order valence-electron chi connectivity index (χ1n) is 7.95. The number of hydrogen-bond acceptors (Lipinski definition) is 3. The second kappa shape index (κ2) is 8.15. The Morgan fingerprint density at radius 2 is 1.76 bits per heavy atom. The van der Waals surface area contributed by atoms with Crippen LogP contribution in [0.3, 0.4) is 0 Å². The van der Waals surface area contributed by atoms with Crippen LogP contribution in [0.4, 0.5) is 0 Å². The molecule has 1 aliphatic heterocycles. The molecule has 1 aromatic carbocycles. The van der Waals surface area contributed by atoms with Crippen molar-refractivity contribution in [2.75, 3.05) is 32.7 Å². The smallest absolute Gasteiger partial charge is 0.219 e. The molecule has 1 heterocycles. The van der Waals surface area contributed by atoms with Crippen molar-refractivity contribution in [1.82, 2.24) is 15.1 Å². The third kappa shape index (κ3) is 5.48. The number of nitrogens with one attached hydrogen (secondary N) is 1. The minimum Gasteiger partial charge on any atom is -0.352 e. The van der Waals surface area contributed by atoms with Gasteiger partial charge in [0.2, 0.25) is 5.91 Å². The van der Waals surface area contributed by atoms with E-state index in [0.717, 1.165) is 39.3 Å². The van der Waals surface area contributed by atoms with Gasteiger partial charge in [0.05, 0.1) is 0 Å². The fraction of sp³-hybridized carbons (Fsp3) is 0.588. The first-order valence-corrected chi connectivity index (χ1v) is 7.95. The predicted octanol–water partition coefficient (Wildman–Crippen LogP) is 1.72. The van der Waals surface area contributed by atoms with Crippen LogP contribution in [0.2, 0.25) is 0 Å². The quantitative estimate of drug-likeness (QED) is 0.866. The fourth-order valence-corrected chi connectivity index (χ4v) is 2.78. The van der Waals surface area contributed by atoms with Crippen molar-refractivity contribution >= 4 is 5.91 Å². The lowest BCUT2D eigenvalue weighted by molar-refractivity contribution is -0.121. The third-order valence-electron chi connectivity index (χ3n) is 3.97. The molecular formula is C17H27N3O. The number of carbonyl (C=O) groups excluding carboxylic acids is 1. The highest BCUT2D eigenvalue weighted by Crippen LogP contribution is 2.08. The predicted molar refractivity (Wildman–Crippen MR) is 86.1 cm³/mol. The maximum absolute atomic E-state index is 11.4. The van der Waals surface area contributed by atoms with E-state index in [9.17, 15) is 4.79 Å². The van der Waals surface area contributed by atoms with Gasteiger partial charge in [0.15, 0.2) is 0 Å². The van der Waals surface area contributed by atoms with Gasteiger partial charge >= 0.3 is 0 Å². The molecule has 1 amide bonds. The van der Waals surface area contributed by atoms with Crippen molar-refractivity contribution in [1.29, 1.82) is 0 Å². The Morgan fingerprint density at radius 1 is 1.14 bits per heavy atom. The van der Waals surface area contributed by atoms with Crippen LogP contribution in [0.25, 0.3) is 0 Å². The summed E-state index contributed by atoms with van der Waals surface area (Å²) in [6, 6.07) is 10.9. The molecule has 1 saturated heterocycles. The van der Waals surface area contributed by atoms with Crippen LogP contribution in [-0.4, -0.2) is 54.5 Å². The molecular weight excluding hydrogens is 262 g/mol. The van der Waals surface area contributed by atoms with Gasteiger partial charge in [-0.25, -0.2) is 0 Å². The van der Waals surface area contributed by atoms with Crippen molar-refractivity contribution in [2.24, 2.45) is 0 Å². The highest BCUT2D eigenvalue weighted by atomic mass is 16.1. The normalized spacial score (nSPS) is 18.4. The van der Waals surface area contributed by atoms with Crippen molar-refractivity contribution in [2.45, 2.75) is 32.9 Å². The van der Waals surface area contributed by atoms with Gasteiger partial charge in [-0.05, 0) is 12.5 Å². The van der Waals surface area contributed by atoms with E-state index < -0.39 is 0 Å². The molecule has 21 heavy (non-hydrogen) atoms. The molecule has 1 aliphatic rings. The topological polar surface area (TPSA) is 35.6 Å². The standard InChI is InChI=1S/C17H27N3O/c1-3-17(21)18-15(2)13-19-9-11-20(12-10-19)14-16-7-5-4-6-8-16/h4-8,15H,3,9-14H2,1-2H3,(H,18,21)/t15-/m0/s1. The van der Waals surface area contributed by atoms with E-state index in [1.54, 1.807) is 0 Å². The van der Waals surface area contributed by atoms with E-state index in [-0.39, 0.29) is 11.9 Å². The first kappa shape index (κ1) is 16.0. The zero-order chi connectivity index (χ0) is 15.1. The molecule has 0 unspecified atom stereocenters. The first-order chi connectivity index (χ1) is 10.2. The molecule has 1 aromatic rings. The number of amides is 1. The van der Waals surface area contributed by atoms with Gasteiger partial charge in [-0.1, -0.05) is 37.3 Å². The van der Waals surface area contributed by atoms with Crippen LogP contribution in [0.1, 0.15) is 25.8 Å². The molecule has 4 nitrogen and oxygen atoms in total. The highest BCUT2D eigenvalue weighted by Gasteiger charge is 2.18. The summed E-state index contributed by atoms with van der Waals surface area (Å²) in [5, 5.41) is 3.03. The van der Waals surface area contributed by atoms with Crippen LogP contribution >= 0.6 is 0 Å². The summed E-state index contributed by atoms with van der Waals surface area (Å²) in [4.78, 5) is 16.3. The molecule has 0 aromatic heterocycles. The number of carbonyl (C=O) groups is 1. The Morgan fingerprint density at radius 3 is 2.38 bits per heavy atom. The molecule has 0 aliphatic carbocycles. The molecule has 1 atom stereocenters. The average Bonchev–Trinajstić information content (AvgIpc) is 2.50. The number of rotatable bonds is 6. The monoisotopic (exact) mass is 289 g/mol. The minimum absolute atomic E-state index is 0.144. The van der Waals surface area contributed by atoms with Crippen LogP contribution in [0.15, 0.2) is 30.3 Å². The second-order valence-corrected chi connectivity index (χ2v) is 5.88. The Kier molecular flexibility index (Phi) is 6.21. The zero-order valence-electron chi connectivity index (χ0n) is 13.2. The van der Waals surface area contributed by atoms with E-state index in [4.69, 9.17) is 0 Å². The summed E-state index contributed by atoms with van der Waals surface area (Å²) in [5.41, 5.74) is 1.38. The largest absolute Gasteiger partial charge is 0.352 e. The summed E-state index contributed by atoms with van der Waals surface area (Å²) in [7, 11) is 0. The molecule has 0 spiro atoms. The molecule has 0 radical (unpaired) electrons. The number of hydrogen-bond donors (Lipinski definition) is 1. The summed E-state index contributed by atoms with van der Waals surface area (Å²) >= 11 is 0. The van der Waals surface area contributed by atoms with Crippen LogP contribution in [0.5, 0.6) is 0 Å². The minimum atomic E-state index is 0.144.